The van der Waals surface area contributed by atoms with Gasteiger partial charge in [0.1, 0.15) is 0 Å². The third-order valence-corrected chi connectivity index (χ3v) is 4.48. The highest BCUT2D eigenvalue weighted by Crippen LogP contribution is 2.27. The van der Waals surface area contributed by atoms with Crippen molar-refractivity contribution in [1.29, 1.82) is 0 Å². The zero-order chi connectivity index (χ0) is 14.7. The Kier molecular flexibility index (Phi) is 4.18. The molecule has 2 nitrogen and oxygen atoms in total. The molecule has 21 heavy (non-hydrogen) atoms. The minimum absolute atomic E-state index is 0.0304. The molecule has 0 aliphatic carbocycles. The Labute approximate surface area is 131 Å². The highest BCUT2D eigenvalue weighted by Gasteiger charge is 2.30. The van der Waals surface area contributed by atoms with Crippen LogP contribution in [0.25, 0.3) is 0 Å². The van der Waals surface area contributed by atoms with Gasteiger partial charge in [0.2, 0.25) is 0 Å². The molecule has 1 saturated heterocycles. The van der Waals surface area contributed by atoms with Gasteiger partial charge in [-0.15, -0.1) is 0 Å². The molecule has 2 aromatic carbocycles. The Hall–Kier alpha value is -1.51. The van der Waals surface area contributed by atoms with Crippen LogP contribution in [-0.4, -0.2) is 19.6 Å². The van der Waals surface area contributed by atoms with E-state index in [2.05, 4.69) is 59.6 Å². The summed E-state index contributed by atoms with van der Waals surface area (Å²) >= 11 is 6.00. The van der Waals surface area contributed by atoms with Crippen LogP contribution in [0.5, 0.6) is 0 Å². The van der Waals surface area contributed by atoms with E-state index >= 15 is 0 Å². The summed E-state index contributed by atoms with van der Waals surface area (Å²) in [7, 11) is 0. The van der Waals surface area contributed by atoms with Crippen LogP contribution in [0.4, 0.5) is 5.69 Å². The van der Waals surface area contributed by atoms with Gasteiger partial charge in [0.05, 0.1) is 5.54 Å². The third-order valence-electron chi connectivity index (χ3n) is 4.23. The standard InChI is InChI=1S/C18H21ClN2/c1-18(15-6-3-2-4-7-15)14-21(13-5-12-20-18)17-10-8-16(19)9-11-17/h2-4,6-11,20H,5,12-14H2,1H3. The Morgan fingerprint density at radius 2 is 1.76 bits per heavy atom. The molecule has 3 heteroatoms. The van der Waals surface area contributed by atoms with Gasteiger partial charge >= 0.3 is 0 Å². The molecule has 0 bridgehead atoms. The van der Waals surface area contributed by atoms with Crippen LogP contribution in [0.3, 0.4) is 0 Å². The predicted molar refractivity (Wildman–Crippen MR) is 90.1 cm³/mol. The highest BCUT2D eigenvalue weighted by molar-refractivity contribution is 6.30. The van der Waals surface area contributed by atoms with E-state index in [1.807, 2.05) is 12.1 Å². The van der Waals surface area contributed by atoms with Gasteiger partial charge in [0.15, 0.2) is 0 Å². The summed E-state index contributed by atoms with van der Waals surface area (Å²) in [6.07, 6.45) is 1.14. The molecular formula is C18H21ClN2. The zero-order valence-corrected chi connectivity index (χ0v) is 13.1. The largest absolute Gasteiger partial charge is 0.369 e. The van der Waals surface area contributed by atoms with Crippen LogP contribution in [0.2, 0.25) is 5.02 Å². The van der Waals surface area contributed by atoms with Crippen LogP contribution < -0.4 is 10.2 Å². The predicted octanol–water partition coefficient (Wildman–Crippen LogP) is 4.06. The second-order valence-corrected chi connectivity index (χ2v) is 6.31. The first-order valence-corrected chi connectivity index (χ1v) is 7.86. The number of nitrogens with zero attached hydrogens (tertiary/aromatic N) is 1. The molecule has 1 fully saturated rings. The van der Waals surface area contributed by atoms with Crippen molar-refractivity contribution in [2.45, 2.75) is 18.9 Å². The fourth-order valence-electron chi connectivity index (χ4n) is 3.02. The van der Waals surface area contributed by atoms with Crippen molar-refractivity contribution in [1.82, 2.24) is 5.32 Å². The minimum Gasteiger partial charge on any atom is -0.369 e. The minimum atomic E-state index is -0.0304. The van der Waals surface area contributed by atoms with E-state index in [1.165, 1.54) is 11.3 Å². The second kappa shape index (κ2) is 6.08. The van der Waals surface area contributed by atoms with Crippen LogP contribution in [-0.2, 0) is 5.54 Å². The van der Waals surface area contributed by atoms with Crippen molar-refractivity contribution in [3.05, 3.63) is 65.2 Å². The highest BCUT2D eigenvalue weighted by atomic mass is 35.5. The number of benzene rings is 2. The number of nitrogens with one attached hydrogen (secondary N) is 1. The molecule has 0 saturated carbocycles. The maximum Gasteiger partial charge on any atom is 0.0583 e. The summed E-state index contributed by atoms with van der Waals surface area (Å²) in [4.78, 5) is 2.45. The van der Waals surface area contributed by atoms with Gasteiger partial charge < -0.3 is 10.2 Å². The first-order chi connectivity index (χ1) is 10.2. The van der Waals surface area contributed by atoms with E-state index < -0.39 is 0 Å². The number of hydrogen-bond donors (Lipinski definition) is 1. The molecule has 0 spiro atoms. The number of anilines is 1. The Bertz CT molecular complexity index is 582. The summed E-state index contributed by atoms with van der Waals surface area (Å²) in [6.45, 7) is 5.35. The molecule has 0 amide bonds. The van der Waals surface area contributed by atoms with Gasteiger partial charge in [-0.3, -0.25) is 0 Å². The molecule has 110 valence electrons. The van der Waals surface area contributed by atoms with Gasteiger partial charge in [-0.1, -0.05) is 41.9 Å². The Morgan fingerprint density at radius 1 is 1.05 bits per heavy atom. The van der Waals surface area contributed by atoms with Crippen molar-refractivity contribution < 1.29 is 0 Å². The summed E-state index contributed by atoms with van der Waals surface area (Å²) in [5.74, 6) is 0. The molecule has 0 radical (unpaired) electrons. The van der Waals surface area contributed by atoms with Crippen molar-refractivity contribution in [2.24, 2.45) is 0 Å². The number of hydrogen-bond acceptors (Lipinski definition) is 2. The van der Waals surface area contributed by atoms with Crippen LogP contribution in [0.15, 0.2) is 54.6 Å². The van der Waals surface area contributed by atoms with Gasteiger partial charge in [0, 0.05) is 23.8 Å². The normalized spacial score (nSPS) is 22.9. The van der Waals surface area contributed by atoms with Crippen molar-refractivity contribution >= 4 is 17.3 Å². The van der Waals surface area contributed by atoms with Crippen LogP contribution >= 0.6 is 11.6 Å². The second-order valence-electron chi connectivity index (χ2n) is 5.88. The SMILES string of the molecule is CC1(c2ccccc2)CN(c2ccc(Cl)cc2)CCCN1. The summed E-state index contributed by atoms with van der Waals surface area (Å²) < 4.78 is 0. The van der Waals surface area contributed by atoms with Gasteiger partial charge in [-0.05, 0) is 49.7 Å². The molecule has 1 aliphatic heterocycles. The molecule has 1 aliphatic rings. The zero-order valence-electron chi connectivity index (χ0n) is 12.3. The van der Waals surface area contributed by atoms with Crippen LogP contribution in [0.1, 0.15) is 18.9 Å². The van der Waals surface area contributed by atoms with E-state index in [9.17, 15) is 0 Å². The van der Waals surface area contributed by atoms with Gasteiger partial charge in [0.25, 0.3) is 0 Å². The summed E-state index contributed by atoms with van der Waals surface area (Å²) in [6, 6.07) is 18.9. The first kappa shape index (κ1) is 14.4. The number of halogens is 1. The quantitative estimate of drug-likeness (QED) is 0.900. The molecular weight excluding hydrogens is 280 g/mol. The average Bonchev–Trinajstić information content (AvgIpc) is 2.72. The van der Waals surface area contributed by atoms with Gasteiger partial charge in [-0.2, -0.15) is 0 Å². The topological polar surface area (TPSA) is 15.3 Å². The smallest absolute Gasteiger partial charge is 0.0583 e. The van der Waals surface area contributed by atoms with Gasteiger partial charge in [-0.25, -0.2) is 0 Å². The van der Waals surface area contributed by atoms with Crippen molar-refractivity contribution in [3.63, 3.8) is 0 Å². The monoisotopic (exact) mass is 300 g/mol. The van der Waals surface area contributed by atoms with E-state index in [-0.39, 0.29) is 5.54 Å². The van der Waals surface area contributed by atoms with E-state index in [0.717, 1.165) is 31.1 Å². The fourth-order valence-corrected chi connectivity index (χ4v) is 3.15. The third kappa shape index (κ3) is 3.22. The maximum absolute atomic E-state index is 6.00. The molecule has 1 atom stereocenters. The van der Waals surface area contributed by atoms with Crippen LogP contribution in [0, 0.1) is 0 Å². The first-order valence-electron chi connectivity index (χ1n) is 7.48. The molecule has 2 aromatic rings. The molecule has 1 unspecified atom stereocenters. The van der Waals surface area contributed by atoms with Crippen molar-refractivity contribution in [2.75, 3.05) is 24.5 Å². The Balaban J connectivity index is 1.88. The average molecular weight is 301 g/mol. The van der Waals surface area contributed by atoms with E-state index in [4.69, 9.17) is 11.6 Å². The van der Waals surface area contributed by atoms with E-state index in [1.54, 1.807) is 0 Å². The lowest BCUT2D eigenvalue weighted by molar-refractivity contribution is 0.392. The molecule has 1 N–H and O–H groups in total. The lowest BCUT2D eigenvalue weighted by Crippen LogP contribution is -2.46. The lowest BCUT2D eigenvalue weighted by Gasteiger charge is -2.35. The molecule has 0 aromatic heterocycles. The molecule has 1 heterocycles. The Morgan fingerprint density at radius 3 is 2.48 bits per heavy atom. The summed E-state index contributed by atoms with van der Waals surface area (Å²) in [5, 5.41) is 4.51. The van der Waals surface area contributed by atoms with E-state index in [0.29, 0.717) is 0 Å². The fraction of sp³-hybridized carbons (Fsp3) is 0.333. The molecule has 3 rings (SSSR count). The lowest BCUT2D eigenvalue weighted by atomic mass is 9.91. The summed E-state index contributed by atoms with van der Waals surface area (Å²) in [5.41, 5.74) is 2.55. The number of rotatable bonds is 2. The maximum atomic E-state index is 6.00. The van der Waals surface area contributed by atoms with Crippen molar-refractivity contribution in [3.8, 4) is 0 Å².